The van der Waals surface area contributed by atoms with E-state index >= 15 is 0 Å². The Morgan fingerprint density at radius 1 is 1.15 bits per heavy atom. The van der Waals surface area contributed by atoms with E-state index in [4.69, 9.17) is 4.74 Å². The highest BCUT2D eigenvalue weighted by Gasteiger charge is 2.16. The molecule has 0 saturated carbocycles. The molecule has 0 aromatic heterocycles. The van der Waals surface area contributed by atoms with E-state index in [-0.39, 0.29) is 11.2 Å². The van der Waals surface area contributed by atoms with Crippen LogP contribution in [-0.4, -0.2) is 31.1 Å². The largest absolute Gasteiger partial charge is 0.489 e. The summed E-state index contributed by atoms with van der Waals surface area (Å²) >= 11 is 0. The average molecular weight is 279 g/mol. The van der Waals surface area contributed by atoms with Crippen molar-refractivity contribution in [1.82, 2.24) is 4.90 Å². The Morgan fingerprint density at radius 2 is 1.85 bits per heavy atom. The van der Waals surface area contributed by atoms with Crippen molar-refractivity contribution in [3.8, 4) is 5.75 Å². The van der Waals surface area contributed by atoms with Gasteiger partial charge >= 0.3 is 0 Å². The first-order valence-electron chi connectivity index (χ1n) is 7.62. The zero-order chi connectivity index (χ0) is 14.6. The molecule has 0 spiro atoms. The van der Waals surface area contributed by atoms with E-state index in [2.05, 4.69) is 25.7 Å². The number of hydrogen-bond donors (Lipinski definition) is 0. The smallest absolute Gasteiger partial charge is 0.165 e. The Kier molecular flexibility index (Phi) is 5.03. The predicted octanol–water partition coefficient (Wildman–Crippen LogP) is 3.99. The quantitative estimate of drug-likeness (QED) is 0.826. The third-order valence-electron chi connectivity index (χ3n) is 3.91. The fourth-order valence-electron chi connectivity index (χ4n) is 2.55. The van der Waals surface area contributed by atoms with Gasteiger partial charge in [-0.1, -0.05) is 33.3 Å². The number of nitrogens with zero attached hydrogens (tertiary/aromatic N) is 1. The molecule has 0 radical (unpaired) electrons. The van der Waals surface area contributed by atoms with Crippen LogP contribution < -0.4 is 4.74 Å². The highest BCUT2D eigenvalue weighted by molar-refractivity contribution is 5.34. The lowest BCUT2D eigenvalue weighted by molar-refractivity contribution is 0.180. The van der Waals surface area contributed by atoms with Gasteiger partial charge in [-0.25, -0.2) is 4.39 Å². The van der Waals surface area contributed by atoms with Gasteiger partial charge in [0.15, 0.2) is 11.6 Å². The molecular weight excluding hydrogens is 253 g/mol. The summed E-state index contributed by atoms with van der Waals surface area (Å²) in [6, 6.07) is 5.19. The van der Waals surface area contributed by atoms with Crippen LogP contribution >= 0.6 is 0 Å². The van der Waals surface area contributed by atoms with E-state index in [9.17, 15) is 4.39 Å². The standard InChI is InChI=1S/C17H26FNO/c1-17(2,3)14-7-8-15(18)16(13-14)20-12-11-19-9-5-4-6-10-19/h7-8,13H,4-6,9-12H2,1-3H3. The lowest BCUT2D eigenvalue weighted by Gasteiger charge is -2.26. The molecule has 0 unspecified atom stereocenters. The van der Waals surface area contributed by atoms with Gasteiger partial charge in [-0.05, 0) is 49.0 Å². The number of likely N-dealkylation sites (tertiary alicyclic amines) is 1. The van der Waals surface area contributed by atoms with Crippen molar-refractivity contribution in [3.05, 3.63) is 29.6 Å². The summed E-state index contributed by atoms with van der Waals surface area (Å²) in [6.07, 6.45) is 3.88. The molecule has 0 bridgehead atoms. The molecule has 112 valence electrons. The first-order chi connectivity index (χ1) is 9.47. The first kappa shape index (κ1) is 15.3. The number of ether oxygens (including phenoxy) is 1. The third-order valence-corrected chi connectivity index (χ3v) is 3.91. The fourth-order valence-corrected chi connectivity index (χ4v) is 2.55. The van der Waals surface area contributed by atoms with Gasteiger partial charge in [-0.2, -0.15) is 0 Å². The van der Waals surface area contributed by atoms with Gasteiger partial charge in [-0.15, -0.1) is 0 Å². The normalized spacial score (nSPS) is 17.2. The molecule has 2 rings (SSSR count). The summed E-state index contributed by atoms with van der Waals surface area (Å²) in [4.78, 5) is 2.40. The molecule has 0 amide bonds. The Balaban J connectivity index is 1.91. The summed E-state index contributed by atoms with van der Waals surface area (Å²) in [7, 11) is 0. The second-order valence-electron chi connectivity index (χ2n) is 6.65. The van der Waals surface area contributed by atoms with Crippen molar-refractivity contribution in [1.29, 1.82) is 0 Å². The summed E-state index contributed by atoms with van der Waals surface area (Å²) in [5.74, 6) is 0.117. The van der Waals surface area contributed by atoms with Crippen LogP contribution in [0.25, 0.3) is 0 Å². The van der Waals surface area contributed by atoms with E-state index < -0.39 is 0 Å². The minimum Gasteiger partial charge on any atom is -0.489 e. The van der Waals surface area contributed by atoms with Crippen LogP contribution in [0.1, 0.15) is 45.6 Å². The monoisotopic (exact) mass is 279 g/mol. The average Bonchev–Trinajstić information content (AvgIpc) is 2.41. The van der Waals surface area contributed by atoms with Crippen LogP contribution in [0.2, 0.25) is 0 Å². The molecule has 1 heterocycles. The molecule has 20 heavy (non-hydrogen) atoms. The van der Waals surface area contributed by atoms with E-state index in [1.54, 1.807) is 0 Å². The van der Waals surface area contributed by atoms with Crippen molar-refractivity contribution >= 4 is 0 Å². The van der Waals surface area contributed by atoms with Crippen LogP contribution in [0.3, 0.4) is 0 Å². The molecule has 1 fully saturated rings. The van der Waals surface area contributed by atoms with Crippen LogP contribution in [0.5, 0.6) is 5.75 Å². The maximum Gasteiger partial charge on any atom is 0.165 e. The topological polar surface area (TPSA) is 12.5 Å². The van der Waals surface area contributed by atoms with Crippen molar-refractivity contribution in [2.24, 2.45) is 0 Å². The lowest BCUT2D eigenvalue weighted by atomic mass is 9.87. The number of piperidine rings is 1. The van der Waals surface area contributed by atoms with Gasteiger partial charge in [0.05, 0.1) is 0 Å². The molecule has 1 aliphatic rings. The Labute approximate surface area is 121 Å². The highest BCUT2D eigenvalue weighted by Crippen LogP contribution is 2.27. The van der Waals surface area contributed by atoms with E-state index in [0.717, 1.165) is 25.2 Å². The van der Waals surface area contributed by atoms with Crippen LogP contribution in [0.4, 0.5) is 4.39 Å². The van der Waals surface area contributed by atoms with Gasteiger partial charge in [-0.3, -0.25) is 4.90 Å². The third kappa shape index (κ3) is 4.20. The summed E-state index contributed by atoms with van der Waals surface area (Å²) in [5, 5.41) is 0. The molecule has 1 saturated heterocycles. The fraction of sp³-hybridized carbons (Fsp3) is 0.647. The van der Waals surface area contributed by atoms with E-state index in [1.165, 1.54) is 25.3 Å². The van der Waals surface area contributed by atoms with Gasteiger partial charge in [0, 0.05) is 6.54 Å². The first-order valence-corrected chi connectivity index (χ1v) is 7.62. The zero-order valence-corrected chi connectivity index (χ0v) is 12.9. The van der Waals surface area contributed by atoms with Crippen LogP contribution in [0, 0.1) is 5.82 Å². The Hall–Kier alpha value is -1.09. The second kappa shape index (κ2) is 6.57. The number of rotatable bonds is 4. The molecule has 0 aliphatic carbocycles. The van der Waals surface area contributed by atoms with Crippen molar-refractivity contribution in [2.75, 3.05) is 26.2 Å². The zero-order valence-electron chi connectivity index (χ0n) is 12.9. The number of hydrogen-bond acceptors (Lipinski definition) is 2. The highest BCUT2D eigenvalue weighted by atomic mass is 19.1. The number of halogens is 1. The van der Waals surface area contributed by atoms with Crippen LogP contribution in [-0.2, 0) is 5.41 Å². The van der Waals surface area contributed by atoms with E-state index in [1.807, 2.05) is 12.1 Å². The van der Waals surface area contributed by atoms with E-state index in [0.29, 0.717) is 12.4 Å². The Bertz CT molecular complexity index is 433. The SMILES string of the molecule is CC(C)(C)c1ccc(F)c(OCCN2CCCCC2)c1. The van der Waals surface area contributed by atoms with Gasteiger partial charge < -0.3 is 4.74 Å². The maximum absolute atomic E-state index is 13.8. The van der Waals surface area contributed by atoms with Crippen molar-refractivity contribution in [2.45, 2.75) is 45.4 Å². The molecule has 0 atom stereocenters. The summed E-state index contributed by atoms with van der Waals surface area (Å²) < 4.78 is 19.4. The number of benzene rings is 1. The predicted molar refractivity (Wildman–Crippen MR) is 80.9 cm³/mol. The van der Waals surface area contributed by atoms with Crippen molar-refractivity contribution in [3.63, 3.8) is 0 Å². The molecule has 0 N–H and O–H groups in total. The minimum atomic E-state index is -0.267. The molecular formula is C17H26FNO. The molecule has 2 nitrogen and oxygen atoms in total. The molecule has 1 aromatic carbocycles. The molecule has 3 heteroatoms. The summed E-state index contributed by atoms with van der Waals surface area (Å²) in [6.45, 7) is 10.1. The van der Waals surface area contributed by atoms with Gasteiger partial charge in [0.1, 0.15) is 6.61 Å². The maximum atomic E-state index is 13.8. The minimum absolute atomic E-state index is 0.0126. The molecule has 1 aliphatic heterocycles. The Morgan fingerprint density at radius 3 is 2.50 bits per heavy atom. The second-order valence-corrected chi connectivity index (χ2v) is 6.65. The van der Waals surface area contributed by atoms with Gasteiger partial charge in [0.25, 0.3) is 0 Å². The van der Waals surface area contributed by atoms with Crippen LogP contribution in [0.15, 0.2) is 18.2 Å². The lowest BCUT2D eigenvalue weighted by Crippen LogP contribution is -2.33. The molecule has 1 aromatic rings. The van der Waals surface area contributed by atoms with Gasteiger partial charge in [0.2, 0.25) is 0 Å². The van der Waals surface area contributed by atoms with Crippen molar-refractivity contribution < 1.29 is 9.13 Å². The summed E-state index contributed by atoms with van der Waals surface area (Å²) in [5.41, 5.74) is 1.12.